The molecule has 0 N–H and O–H groups in total. The van der Waals surface area contributed by atoms with Crippen LogP contribution in [-0.2, 0) is 18.1 Å². The lowest BCUT2D eigenvalue weighted by molar-refractivity contribution is -0.136. The van der Waals surface area contributed by atoms with Gasteiger partial charge in [0.25, 0.3) is 5.97 Å². The van der Waals surface area contributed by atoms with Gasteiger partial charge in [-0.2, -0.15) is 0 Å². The molecule has 0 saturated heterocycles. The molecule has 0 aromatic rings. The Bertz CT molecular complexity index is 183. The number of allylic oxidation sites excluding steroid dienone is 1. The van der Waals surface area contributed by atoms with Gasteiger partial charge in [0.1, 0.15) is 0 Å². The van der Waals surface area contributed by atoms with Crippen LogP contribution in [0.5, 0.6) is 0 Å². The SMILES string of the molecule is C=CC[Si](OC)(OCC)OC(C)=O. The van der Waals surface area contributed by atoms with Crippen molar-refractivity contribution in [1.82, 2.24) is 0 Å². The van der Waals surface area contributed by atoms with E-state index in [1.165, 1.54) is 14.0 Å². The second kappa shape index (κ2) is 5.90. The molecule has 0 amide bonds. The van der Waals surface area contributed by atoms with Crippen LogP contribution in [0.4, 0.5) is 0 Å². The third-order valence-corrected chi connectivity index (χ3v) is 4.11. The molecule has 0 aromatic carbocycles. The summed E-state index contributed by atoms with van der Waals surface area (Å²) in [4.78, 5) is 10.8. The lowest BCUT2D eigenvalue weighted by Crippen LogP contribution is -2.45. The first-order chi connectivity index (χ1) is 6.10. The molecule has 76 valence electrons. The Morgan fingerprint density at radius 1 is 1.62 bits per heavy atom. The highest BCUT2D eigenvalue weighted by Gasteiger charge is 2.41. The van der Waals surface area contributed by atoms with Crippen molar-refractivity contribution in [2.24, 2.45) is 0 Å². The van der Waals surface area contributed by atoms with Gasteiger partial charge in [0, 0.05) is 26.7 Å². The lowest BCUT2D eigenvalue weighted by atomic mass is 10.8. The Kier molecular flexibility index (Phi) is 5.61. The fourth-order valence-corrected chi connectivity index (χ4v) is 2.79. The smallest absolute Gasteiger partial charge is 0.473 e. The molecule has 0 fully saturated rings. The number of hydrogen-bond donors (Lipinski definition) is 0. The molecule has 0 aliphatic rings. The van der Waals surface area contributed by atoms with Gasteiger partial charge >= 0.3 is 8.80 Å². The van der Waals surface area contributed by atoms with Crippen molar-refractivity contribution in [2.75, 3.05) is 13.7 Å². The van der Waals surface area contributed by atoms with Gasteiger partial charge < -0.3 is 13.3 Å². The van der Waals surface area contributed by atoms with Crippen molar-refractivity contribution in [3.05, 3.63) is 12.7 Å². The molecule has 0 heterocycles. The van der Waals surface area contributed by atoms with Crippen molar-refractivity contribution in [1.29, 1.82) is 0 Å². The number of carbonyl (C=O) groups excluding carboxylic acids is 1. The molecule has 0 aliphatic carbocycles. The van der Waals surface area contributed by atoms with Crippen LogP contribution in [0.15, 0.2) is 12.7 Å². The van der Waals surface area contributed by atoms with Gasteiger partial charge in [-0.05, 0) is 6.92 Å². The summed E-state index contributed by atoms with van der Waals surface area (Å²) >= 11 is 0. The highest BCUT2D eigenvalue weighted by molar-refractivity contribution is 6.62. The van der Waals surface area contributed by atoms with E-state index in [1.54, 1.807) is 6.08 Å². The van der Waals surface area contributed by atoms with E-state index in [9.17, 15) is 4.79 Å². The summed E-state index contributed by atoms with van der Waals surface area (Å²) in [7, 11) is -1.32. The number of hydrogen-bond acceptors (Lipinski definition) is 4. The van der Waals surface area contributed by atoms with Gasteiger partial charge in [-0.1, -0.05) is 6.08 Å². The van der Waals surface area contributed by atoms with Crippen LogP contribution in [0.2, 0.25) is 6.04 Å². The first-order valence-electron chi connectivity index (χ1n) is 4.09. The number of carbonyl (C=O) groups is 1. The van der Waals surface area contributed by atoms with E-state index in [-0.39, 0.29) is 5.97 Å². The zero-order chi connectivity index (χ0) is 10.3. The Morgan fingerprint density at radius 2 is 2.23 bits per heavy atom. The van der Waals surface area contributed by atoms with Crippen LogP contribution in [-0.4, -0.2) is 28.5 Å². The minimum absolute atomic E-state index is 0.385. The molecule has 0 aromatic heterocycles. The van der Waals surface area contributed by atoms with Crippen molar-refractivity contribution in [3.8, 4) is 0 Å². The Labute approximate surface area is 79.9 Å². The van der Waals surface area contributed by atoms with E-state index in [0.29, 0.717) is 12.7 Å². The van der Waals surface area contributed by atoms with Crippen LogP contribution in [0.1, 0.15) is 13.8 Å². The summed E-state index contributed by atoms with van der Waals surface area (Å²) < 4.78 is 15.5. The molecule has 0 rings (SSSR count). The molecule has 1 unspecified atom stereocenters. The third-order valence-electron chi connectivity index (χ3n) is 1.37. The monoisotopic (exact) mass is 204 g/mol. The molecular weight excluding hydrogens is 188 g/mol. The van der Waals surface area contributed by atoms with E-state index in [4.69, 9.17) is 13.3 Å². The largest absolute Gasteiger partial charge is 0.571 e. The summed E-state index contributed by atoms with van der Waals surface area (Å²) in [6.45, 7) is 7.19. The first-order valence-corrected chi connectivity index (χ1v) is 6.03. The zero-order valence-electron chi connectivity index (χ0n) is 8.33. The van der Waals surface area contributed by atoms with Gasteiger partial charge in [-0.25, -0.2) is 0 Å². The quantitative estimate of drug-likeness (QED) is 0.484. The molecule has 0 saturated carbocycles. The average Bonchev–Trinajstić information content (AvgIpc) is 2.04. The maximum absolute atomic E-state index is 10.8. The molecule has 0 radical (unpaired) electrons. The summed E-state index contributed by atoms with van der Waals surface area (Å²) in [5, 5.41) is 0. The highest BCUT2D eigenvalue weighted by atomic mass is 28.4. The Morgan fingerprint density at radius 3 is 2.54 bits per heavy atom. The minimum atomic E-state index is -2.80. The molecule has 0 spiro atoms. The van der Waals surface area contributed by atoms with Gasteiger partial charge in [0.2, 0.25) is 0 Å². The molecule has 13 heavy (non-hydrogen) atoms. The third kappa shape index (κ3) is 4.21. The fraction of sp³-hybridized carbons (Fsp3) is 0.625. The Hall–Kier alpha value is -0.653. The first kappa shape index (κ1) is 12.3. The minimum Gasteiger partial charge on any atom is -0.473 e. The van der Waals surface area contributed by atoms with E-state index in [2.05, 4.69) is 6.58 Å². The lowest BCUT2D eigenvalue weighted by Gasteiger charge is -2.25. The van der Waals surface area contributed by atoms with Gasteiger partial charge in [-0.15, -0.1) is 6.58 Å². The molecule has 5 heteroatoms. The molecular formula is C8H16O4Si. The molecule has 0 bridgehead atoms. The maximum Gasteiger partial charge on any atom is 0.571 e. The number of rotatable bonds is 6. The molecule has 1 atom stereocenters. The van der Waals surface area contributed by atoms with Crippen LogP contribution >= 0.6 is 0 Å². The Balaban J connectivity index is 4.41. The van der Waals surface area contributed by atoms with Gasteiger partial charge in [0.05, 0.1) is 0 Å². The highest BCUT2D eigenvalue weighted by Crippen LogP contribution is 2.15. The van der Waals surface area contributed by atoms with Crippen LogP contribution < -0.4 is 0 Å². The topological polar surface area (TPSA) is 44.8 Å². The second-order valence-corrected chi connectivity index (χ2v) is 5.08. The van der Waals surface area contributed by atoms with Crippen LogP contribution in [0.25, 0.3) is 0 Å². The van der Waals surface area contributed by atoms with Gasteiger partial charge in [0.15, 0.2) is 0 Å². The van der Waals surface area contributed by atoms with Crippen LogP contribution in [0.3, 0.4) is 0 Å². The predicted octanol–water partition coefficient (Wildman–Crippen LogP) is 1.36. The van der Waals surface area contributed by atoms with E-state index < -0.39 is 8.80 Å². The standard InChI is InChI=1S/C8H16O4Si/c1-5-7-13(10-4,11-6-2)12-8(3)9/h5H,1,6-7H2,2-4H3. The zero-order valence-corrected chi connectivity index (χ0v) is 9.33. The summed E-state index contributed by atoms with van der Waals surface area (Å²) in [5.41, 5.74) is 0. The van der Waals surface area contributed by atoms with Crippen molar-refractivity contribution < 1.29 is 18.1 Å². The predicted molar refractivity (Wildman–Crippen MR) is 51.2 cm³/mol. The van der Waals surface area contributed by atoms with E-state index in [0.717, 1.165) is 0 Å². The normalized spacial score (nSPS) is 14.7. The summed E-state index contributed by atoms with van der Waals surface area (Å²) in [6.07, 6.45) is 1.63. The van der Waals surface area contributed by atoms with Crippen molar-refractivity contribution in [3.63, 3.8) is 0 Å². The fourth-order valence-electron chi connectivity index (χ4n) is 0.930. The van der Waals surface area contributed by atoms with Gasteiger partial charge in [-0.3, -0.25) is 4.79 Å². The van der Waals surface area contributed by atoms with Crippen molar-refractivity contribution >= 4 is 14.8 Å². The van der Waals surface area contributed by atoms with Crippen molar-refractivity contribution in [2.45, 2.75) is 19.9 Å². The van der Waals surface area contributed by atoms with Crippen LogP contribution in [0, 0.1) is 0 Å². The second-order valence-electron chi connectivity index (χ2n) is 2.41. The summed E-state index contributed by atoms with van der Waals surface area (Å²) in [5.74, 6) is -0.385. The van der Waals surface area contributed by atoms with E-state index >= 15 is 0 Å². The summed E-state index contributed by atoms with van der Waals surface area (Å²) in [6, 6.07) is 0.441. The molecule has 0 aliphatic heterocycles. The average molecular weight is 204 g/mol. The maximum atomic E-state index is 10.8. The van der Waals surface area contributed by atoms with E-state index in [1.807, 2.05) is 6.92 Å². The molecule has 4 nitrogen and oxygen atoms in total.